The van der Waals surface area contributed by atoms with E-state index in [1.807, 2.05) is 0 Å². The number of amides is 1. The Morgan fingerprint density at radius 1 is 1.24 bits per heavy atom. The Morgan fingerprint density at radius 2 is 2.00 bits per heavy atom. The maximum absolute atomic E-state index is 12.2. The Bertz CT molecular complexity index is 461. The van der Waals surface area contributed by atoms with E-state index in [0.29, 0.717) is 6.42 Å². The van der Waals surface area contributed by atoms with Gasteiger partial charge in [0.2, 0.25) is 5.91 Å². The van der Waals surface area contributed by atoms with Crippen LogP contribution in [0.1, 0.15) is 69.4 Å². The second kappa shape index (κ2) is 8.21. The van der Waals surface area contributed by atoms with Gasteiger partial charge in [0.1, 0.15) is 0 Å². The van der Waals surface area contributed by atoms with Crippen LogP contribution in [0.25, 0.3) is 0 Å². The smallest absolute Gasteiger partial charge is 0.224 e. The second-order valence-electron chi connectivity index (χ2n) is 6.41. The standard InChI is InChI=1S/C19H29NO/c1-3-17-13-7-9-15(2)19(17)20-18(21)14-8-12-16-10-5-4-6-11-16/h7,9,13,16H,3-6,8,10-12,14H2,1-2H3,(H,20,21). The van der Waals surface area contributed by atoms with Gasteiger partial charge in [0.25, 0.3) is 0 Å². The molecule has 1 aromatic rings. The molecule has 1 N–H and O–H groups in total. The van der Waals surface area contributed by atoms with Gasteiger partial charge in [0, 0.05) is 12.1 Å². The molecule has 1 saturated carbocycles. The predicted molar refractivity (Wildman–Crippen MR) is 89.6 cm³/mol. The number of carbonyl (C=O) groups is 1. The highest BCUT2D eigenvalue weighted by Crippen LogP contribution is 2.28. The molecule has 0 aromatic heterocycles. The third-order valence-corrected chi connectivity index (χ3v) is 4.75. The van der Waals surface area contributed by atoms with Crippen LogP contribution in [0.4, 0.5) is 5.69 Å². The van der Waals surface area contributed by atoms with Crippen molar-refractivity contribution in [3.8, 4) is 0 Å². The normalized spacial score (nSPS) is 15.9. The number of nitrogens with one attached hydrogen (secondary N) is 1. The fourth-order valence-corrected chi connectivity index (χ4v) is 3.43. The summed E-state index contributed by atoms with van der Waals surface area (Å²) in [5, 5.41) is 3.13. The van der Waals surface area contributed by atoms with E-state index in [0.717, 1.165) is 30.0 Å². The molecule has 0 spiro atoms. The summed E-state index contributed by atoms with van der Waals surface area (Å²) >= 11 is 0. The number of benzene rings is 1. The Balaban J connectivity index is 1.79. The second-order valence-corrected chi connectivity index (χ2v) is 6.41. The Labute approximate surface area is 129 Å². The van der Waals surface area contributed by atoms with Crippen LogP contribution in [0.5, 0.6) is 0 Å². The molecule has 2 rings (SSSR count). The molecule has 1 amide bonds. The molecule has 0 heterocycles. The molecule has 1 fully saturated rings. The average Bonchev–Trinajstić information content (AvgIpc) is 2.50. The van der Waals surface area contributed by atoms with Crippen LogP contribution in [0, 0.1) is 12.8 Å². The fraction of sp³-hybridized carbons (Fsp3) is 0.632. The highest BCUT2D eigenvalue weighted by atomic mass is 16.1. The van der Waals surface area contributed by atoms with Crippen molar-refractivity contribution < 1.29 is 4.79 Å². The van der Waals surface area contributed by atoms with Gasteiger partial charge < -0.3 is 5.32 Å². The van der Waals surface area contributed by atoms with Gasteiger partial charge in [-0.1, -0.05) is 57.2 Å². The monoisotopic (exact) mass is 287 g/mol. The molecule has 0 aliphatic heterocycles. The van der Waals surface area contributed by atoms with Crippen molar-refractivity contribution in [2.24, 2.45) is 5.92 Å². The van der Waals surface area contributed by atoms with E-state index in [4.69, 9.17) is 0 Å². The van der Waals surface area contributed by atoms with Gasteiger partial charge >= 0.3 is 0 Å². The first-order valence-corrected chi connectivity index (χ1v) is 8.59. The van der Waals surface area contributed by atoms with Crippen LogP contribution in [0.3, 0.4) is 0 Å². The molecule has 0 atom stereocenters. The minimum absolute atomic E-state index is 0.176. The average molecular weight is 287 g/mol. The van der Waals surface area contributed by atoms with Crippen molar-refractivity contribution in [2.45, 2.75) is 71.6 Å². The van der Waals surface area contributed by atoms with Crippen molar-refractivity contribution in [1.29, 1.82) is 0 Å². The van der Waals surface area contributed by atoms with Crippen molar-refractivity contribution >= 4 is 11.6 Å². The highest BCUT2D eigenvalue weighted by molar-refractivity contribution is 5.92. The first-order valence-electron chi connectivity index (χ1n) is 8.59. The van der Waals surface area contributed by atoms with Crippen LogP contribution in [0.2, 0.25) is 0 Å². The van der Waals surface area contributed by atoms with Crippen molar-refractivity contribution in [1.82, 2.24) is 0 Å². The predicted octanol–water partition coefficient (Wildman–Crippen LogP) is 5.25. The summed E-state index contributed by atoms with van der Waals surface area (Å²) < 4.78 is 0. The molecule has 1 aliphatic rings. The van der Waals surface area contributed by atoms with E-state index in [2.05, 4.69) is 37.4 Å². The van der Waals surface area contributed by atoms with Crippen LogP contribution >= 0.6 is 0 Å². The SMILES string of the molecule is CCc1cccc(C)c1NC(=O)CCCC1CCCCC1. The molecule has 0 radical (unpaired) electrons. The lowest BCUT2D eigenvalue weighted by molar-refractivity contribution is -0.116. The lowest BCUT2D eigenvalue weighted by Gasteiger charge is -2.21. The largest absolute Gasteiger partial charge is 0.326 e. The van der Waals surface area contributed by atoms with Crippen LogP contribution in [-0.2, 0) is 11.2 Å². The molecule has 116 valence electrons. The summed E-state index contributed by atoms with van der Waals surface area (Å²) in [5.41, 5.74) is 3.42. The molecule has 2 heteroatoms. The lowest BCUT2D eigenvalue weighted by atomic mass is 9.86. The summed E-state index contributed by atoms with van der Waals surface area (Å²) in [6.45, 7) is 4.20. The number of para-hydroxylation sites is 1. The third kappa shape index (κ3) is 4.87. The van der Waals surface area contributed by atoms with Crippen LogP contribution in [-0.4, -0.2) is 5.91 Å². The van der Waals surface area contributed by atoms with E-state index < -0.39 is 0 Å². The van der Waals surface area contributed by atoms with Gasteiger partial charge in [-0.2, -0.15) is 0 Å². The molecule has 0 bridgehead atoms. The Hall–Kier alpha value is -1.31. The summed E-state index contributed by atoms with van der Waals surface area (Å²) in [6, 6.07) is 6.23. The Morgan fingerprint density at radius 3 is 2.71 bits per heavy atom. The maximum Gasteiger partial charge on any atom is 0.224 e. The highest BCUT2D eigenvalue weighted by Gasteiger charge is 2.14. The number of anilines is 1. The molecule has 1 aromatic carbocycles. The summed E-state index contributed by atoms with van der Waals surface area (Å²) in [7, 11) is 0. The number of carbonyl (C=O) groups excluding carboxylic acids is 1. The molecular formula is C19H29NO. The fourth-order valence-electron chi connectivity index (χ4n) is 3.43. The topological polar surface area (TPSA) is 29.1 Å². The van der Waals surface area contributed by atoms with Gasteiger partial charge in [-0.05, 0) is 43.2 Å². The zero-order valence-corrected chi connectivity index (χ0v) is 13.6. The van der Waals surface area contributed by atoms with Gasteiger partial charge in [0.05, 0.1) is 0 Å². The van der Waals surface area contributed by atoms with E-state index in [9.17, 15) is 4.79 Å². The molecule has 0 unspecified atom stereocenters. The molecule has 1 aliphatic carbocycles. The summed E-state index contributed by atoms with van der Waals surface area (Å²) in [5.74, 6) is 1.05. The van der Waals surface area contributed by atoms with E-state index in [1.54, 1.807) is 0 Å². The third-order valence-electron chi connectivity index (χ3n) is 4.75. The van der Waals surface area contributed by atoms with Gasteiger partial charge in [0.15, 0.2) is 0 Å². The van der Waals surface area contributed by atoms with Crippen molar-refractivity contribution in [3.63, 3.8) is 0 Å². The maximum atomic E-state index is 12.2. The molecular weight excluding hydrogens is 258 g/mol. The number of hydrogen-bond acceptors (Lipinski definition) is 1. The molecule has 0 saturated heterocycles. The quantitative estimate of drug-likeness (QED) is 0.761. The molecule has 21 heavy (non-hydrogen) atoms. The minimum atomic E-state index is 0.176. The van der Waals surface area contributed by atoms with Crippen LogP contribution < -0.4 is 5.32 Å². The van der Waals surface area contributed by atoms with E-state index >= 15 is 0 Å². The first-order chi connectivity index (χ1) is 10.2. The van der Waals surface area contributed by atoms with Gasteiger partial charge in [-0.15, -0.1) is 0 Å². The zero-order valence-electron chi connectivity index (χ0n) is 13.6. The zero-order chi connectivity index (χ0) is 15.1. The van der Waals surface area contributed by atoms with Crippen LogP contribution in [0.15, 0.2) is 18.2 Å². The lowest BCUT2D eigenvalue weighted by Crippen LogP contribution is -2.14. The van der Waals surface area contributed by atoms with Gasteiger partial charge in [-0.3, -0.25) is 4.79 Å². The summed E-state index contributed by atoms with van der Waals surface area (Å²) in [6.07, 6.45) is 10.8. The van der Waals surface area contributed by atoms with E-state index in [1.165, 1.54) is 44.1 Å². The Kier molecular flexibility index (Phi) is 6.28. The van der Waals surface area contributed by atoms with Crippen molar-refractivity contribution in [2.75, 3.05) is 5.32 Å². The minimum Gasteiger partial charge on any atom is -0.326 e. The van der Waals surface area contributed by atoms with Gasteiger partial charge in [-0.25, -0.2) is 0 Å². The number of hydrogen-bond donors (Lipinski definition) is 1. The van der Waals surface area contributed by atoms with Crippen molar-refractivity contribution in [3.05, 3.63) is 29.3 Å². The van der Waals surface area contributed by atoms with E-state index in [-0.39, 0.29) is 5.91 Å². The summed E-state index contributed by atoms with van der Waals surface area (Å²) in [4.78, 5) is 12.2. The number of rotatable bonds is 6. The molecule has 2 nitrogen and oxygen atoms in total. The number of aryl methyl sites for hydroxylation is 2. The first kappa shape index (κ1) is 16.1.